The van der Waals surface area contributed by atoms with Crippen molar-refractivity contribution in [3.8, 4) is 11.3 Å². The normalized spacial score (nSPS) is 12.0. The first kappa shape index (κ1) is 19.9. The molecule has 0 spiro atoms. The summed E-state index contributed by atoms with van der Waals surface area (Å²) < 4.78 is 27.7. The molecular weight excluding hydrogens is 394 g/mol. The third-order valence-corrected chi connectivity index (χ3v) is 6.56. The van der Waals surface area contributed by atoms with Crippen LogP contribution in [0, 0.1) is 13.8 Å². The Morgan fingerprint density at radius 3 is 2.40 bits per heavy atom. The number of fused-ring (bicyclic) bond motifs is 1. The zero-order valence-corrected chi connectivity index (χ0v) is 17.9. The van der Waals surface area contributed by atoms with Crippen LogP contribution < -0.4 is 4.83 Å². The van der Waals surface area contributed by atoms with E-state index in [4.69, 9.17) is 0 Å². The number of hydrazone groups is 1. The highest BCUT2D eigenvalue weighted by atomic mass is 32.2. The van der Waals surface area contributed by atoms with Gasteiger partial charge in [0.2, 0.25) is 0 Å². The first-order valence-electron chi connectivity index (χ1n) is 9.63. The zero-order valence-electron chi connectivity index (χ0n) is 17.1. The Morgan fingerprint density at radius 1 is 0.933 bits per heavy atom. The molecule has 0 fully saturated rings. The van der Waals surface area contributed by atoms with Gasteiger partial charge in [0.1, 0.15) is 0 Å². The van der Waals surface area contributed by atoms with E-state index >= 15 is 0 Å². The van der Waals surface area contributed by atoms with Gasteiger partial charge >= 0.3 is 0 Å². The number of hydrogen-bond donors (Lipinski definition) is 1. The number of sulfonamides is 1. The average Bonchev–Trinajstić information content (AvgIpc) is 3.02. The van der Waals surface area contributed by atoms with Crippen molar-refractivity contribution in [3.63, 3.8) is 0 Å². The molecule has 0 unspecified atom stereocenters. The van der Waals surface area contributed by atoms with Gasteiger partial charge in [0, 0.05) is 23.5 Å². The SMILES string of the molecule is Cc1ccc(C)c(S(=O)(=O)NN=Cc2c(-c3ccccc3)n(C)c3ccccc23)c1. The minimum Gasteiger partial charge on any atom is -0.343 e. The fourth-order valence-electron chi connectivity index (χ4n) is 3.70. The maximum atomic E-state index is 12.8. The lowest BCUT2D eigenvalue weighted by Gasteiger charge is -2.08. The van der Waals surface area contributed by atoms with E-state index in [1.165, 1.54) is 0 Å². The summed E-state index contributed by atoms with van der Waals surface area (Å²) in [4.78, 5) is 2.61. The largest absolute Gasteiger partial charge is 0.343 e. The predicted octanol–water partition coefficient (Wildman–Crippen LogP) is 4.77. The summed E-state index contributed by atoms with van der Waals surface area (Å²) >= 11 is 0. The summed E-state index contributed by atoms with van der Waals surface area (Å²) in [5.41, 5.74) is 5.49. The van der Waals surface area contributed by atoms with E-state index in [1.54, 1.807) is 25.3 Å². The van der Waals surface area contributed by atoms with Gasteiger partial charge < -0.3 is 4.57 Å². The van der Waals surface area contributed by atoms with E-state index in [-0.39, 0.29) is 4.90 Å². The number of hydrogen-bond acceptors (Lipinski definition) is 3. The lowest BCUT2D eigenvalue weighted by molar-refractivity contribution is 0.584. The minimum absolute atomic E-state index is 0.237. The van der Waals surface area contributed by atoms with Crippen LogP contribution in [0.3, 0.4) is 0 Å². The molecule has 30 heavy (non-hydrogen) atoms. The molecule has 3 aromatic carbocycles. The standard InChI is InChI=1S/C24H23N3O2S/c1-17-13-14-18(2)23(15-17)30(28,29)26-25-16-21-20-11-7-8-12-22(20)27(3)24(21)19-9-5-4-6-10-19/h4-16,26H,1-3H3. The van der Waals surface area contributed by atoms with Crippen LogP contribution in [0.4, 0.5) is 0 Å². The summed E-state index contributed by atoms with van der Waals surface area (Å²) in [6, 6.07) is 23.4. The highest BCUT2D eigenvalue weighted by Crippen LogP contribution is 2.31. The van der Waals surface area contributed by atoms with Crippen LogP contribution >= 0.6 is 0 Å². The molecule has 0 aliphatic heterocycles. The molecule has 1 heterocycles. The van der Waals surface area contributed by atoms with Crippen molar-refractivity contribution < 1.29 is 8.42 Å². The number of nitrogens with one attached hydrogen (secondary N) is 1. The first-order valence-corrected chi connectivity index (χ1v) is 11.1. The quantitative estimate of drug-likeness (QED) is 0.375. The van der Waals surface area contributed by atoms with E-state index in [2.05, 4.69) is 14.5 Å². The third kappa shape index (κ3) is 3.62. The number of para-hydroxylation sites is 1. The molecular formula is C24H23N3O2S. The second-order valence-corrected chi connectivity index (χ2v) is 8.96. The Bertz CT molecular complexity index is 1350. The number of nitrogens with zero attached hydrogens (tertiary/aromatic N) is 2. The van der Waals surface area contributed by atoms with E-state index in [0.717, 1.165) is 33.3 Å². The number of aryl methyl sites for hydroxylation is 3. The molecule has 5 nitrogen and oxygen atoms in total. The van der Waals surface area contributed by atoms with Crippen molar-refractivity contribution in [1.82, 2.24) is 9.40 Å². The highest BCUT2D eigenvalue weighted by Gasteiger charge is 2.17. The molecule has 0 aliphatic rings. The van der Waals surface area contributed by atoms with Crippen molar-refractivity contribution in [2.45, 2.75) is 18.7 Å². The molecule has 0 bridgehead atoms. The monoisotopic (exact) mass is 417 g/mol. The van der Waals surface area contributed by atoms with Gasteiger partial charge in [0.15, 0.2) is 0 Å². The van der Waals surface area contributed by atoms with Crippen molar-refractivity contribution >= 4 is 27.1 Å². The van der Waals surface area contributed by atoms with Gasteiger partial charge in [-0.15, -0.1) is 0 Å². The van der Waals surface area contributed by atoms with Crippen molar-refractivity contribution in [3.05, 3.63) is 89.5 Å². The first-order chi connectivity index (χ1) is 14.4. The third-order valence-electron chi connectivity index (χ3n) is 5.19. The van der Waals surface area contributed by atoms with Crippen LogP contribution in [0.2, 0.25) is 0 Å². The maximum Gasteiger partial charge on any atom is 0.276 e. The molecule has 152 valence electrons. The lowest BCUT2D eigenvalue weighted by atomic mass is 10.1. The molecule has 0 aliphatic carbocycles. The summed E-state index contributed by atoms with van der Waals surface area (Å²) in [5.74, 6) is 0. The number of benzene rings is 3. The maximum absolute atomic E-state index is 12.8. The van der Waals surface area contributed by atoms with Crippen LogP contribution in [0.1, 0.15) is 16.7 Å². The number of rotatable bonds is 5. The lowest BCUT2D eigenvalue weighted by Crippen LogP contribution is -2.19. The summed E-state index contributed by atoms with van der Waals surface area (Å²) in [5, 5.41) is 5.14. The Balaban J connectivity index is 1.77. The van der Waals surface area contributed by atoms with Crippen LogP contribution in [-0.4, -0.2) is 19.2 Å². The molecule has 1 N–H and O–H groups in total. The van der Waals surface area contributed by atoms with E-state index in [1.807, 2.05) is 74.6 Å². The molecule has 1 aromatic heterocycles. The Kier molecular flexibility index (Phi) is 5.18. The van der Waals surface area contributed by atoms with Gasteiger partial charge in [0.05, 0.1) is 16.8 Å². The van der Waals surface area contributed by atoms with E-state index in [9.17, 15) is 8.42 Å². The second-order valence-electron chi connectivity index (χ2n) is 7.33. The molecule has 0 saturated carbocycles. The Labute approximate surface area is 176 Å². The molecule has 0 amide bonds. The molecule has 0 radical (unpaired) electrons. The van der Waals surface area contributed by atoms with Gasteiger partial charge in [0.25, 0.3) is 10.0 Å². The smallest absolute Gasteiger partial charge is 0.276 e. The summed E-state index contributed by atoms with van der Waals surface area (Å²) in [7, 11) is -1.76. The van der Waals surface area contributed by atoms with Crippen molar-refractivity contribution in [1.29, 1.82) is 0 Å². The molecule has 0 atom stereocenters. The molecule has 4 aromatic rings. The predicted molar refractivity (Wildman–Crippen MR) is 122 cm³/mol. The van der Waals surface area contributed by atoms with E-state index in [0.29, 0.717) is 5.56 Å². The van der Waals surface area contributed by atoms with Crippen LogP contribution in [0.25, 0.3) is 22.2 Å². The highest BCUT2D eigenvalue weighted by molar-refractivity contribution is 7.89. The van der Waals surface area contributed by atoms with Gasteiger partial charge in [-0.2, -0.15) is 13.5 Å². The number of aromatic nitrogens is 1. The molecule has 4 rings (SSSR count). The van der Waals surface area contributed by atoms with Gasteiger partial charge in [-0.1, -0.05) is 60.7 Å². The van der Waals surface area contributed by atoms with Gasteiger partial charge in [-0.3, -0.25) is 0 Å². The fourth-order valence-corrected chi connectivity index (χ4v) is 4.83. The van der Waals surface area contributed by atoms with Crippen LogP contribution in [0.5, 0.6) is 0 Å². The van der Waals surface area contributed by atoms with E-state index < -0.39 is 10.0 Å². The van der Waals surface area contributed by atoms with Gasteiger partial charge in [-0.25, -0.2) is 4.83 Å². The van der Waals surface area contributed by atoms with Crippen LogP contribution in [0.15, 0.2) is 82.8 Å². The topological polar surface area (TPSA) is 63.5 Å². The summed E-state index contributed by atoms with van der Waals surface area (Å²) in [6.07, 6.45) is 1.59. The van der Waals surface area contributed by atoms with Crippen LogP contribution in [-0.2, 0) is 17.1 Å². The van der Waals surface area contributed by atoms with Gasteiger partial charge in [-0.05, 0) is 42.7 Å². The second kappa shape index (κ2) is 7.80. The average molecular weight is 418 g/mol. The minimum atomic E-state index is -3.76. The Morgan fingerprint density at radius 2 is 1.63 bits per heavy atom. The fraction of sp³-hybridized carbons (Fsp3) is 0.125. The Hall–Kier alpha value is -3.38. The molecule has 6 heteroatoms. The van der Waals surface area contributed by atoms with Crippen molar-refractivity contribution in [2.24, 2.45) is 12.1 Å². The molecule has 0 saturated heterocycles. The zero-order chi connectivity index (χ0) is 21.3. The summed E-state index contributed by atoms with van der Waals surface area (Å²) in [6.45, 7) is 3.64. The van der Waals surface area contributed by atoms with Crippen molar-refractivity contribution in [2.75, 3.05) is 0 Å².